The van der Waals surface area contributed by atoms with E-state index in [9.17, 15) is 0 Å². The first kappa shape index (κ1) is 45.6. The number of quaternary nitrogens is 1. The van der Waals surface area contributed by atoms with E-state index < -0.39 is 5.41 Å². The number of nitrogens with one attached hydrogen (secondary N) is 1. The first-order valence-electron chi connectivity index (χ1n) is 26.5. The molecular weight excluding hydrogens is 933 g/mol. The third-order valence-electron chi connectivity index (χ3n) is 15.7. The Hall–Kier alpha value is -10.0. The van der Waals surface area contributed by atoms with Gasteiger partial charge in [0.25, 0.3) is 0 Å². The molecule has 12 aromatic rings. The van der Waals surface area contributed by atoms with Gasteiger partial charge < -0.3 is 15.1 Å². The van der Waals surface area contributed by atoms with E-state index >= 15 is 0 Å². The highest BCUT2D eigenvalue weighted by molar-refractivity contribution is 5.99. The van der Waals surface area contributed by atoms with Gasteiger partial charge in [0, 0.05) is 94.0 Å². The van der Waals surface area contributed by atoms with E-state index in [1.54, 1.807) is 0 Å². The Morgan fingerprint density at radius 2 is 0.545 bits per heavy atom. The number of para-hydroxylation sites is 8. The lowest BCUT2D eigenvalue weighted by Gasteiger charge is -2.38. The van der Waals surface area contributed by atoms with Crippen molar-refractivity contribution in [3.05, 3.63) is 338 Å². The summed E-state index contributed by atoms with van der Waals surface area (Å²) in [5.41, 5.74) is 22.1. The van der Waals surface area contributed by atoms with Crippen LogP contribution in [-0.4, -0.2) is 0 Å². The van der Waals surface area contributed by atoms with Gasteiger partial charge in [-0.2, -0.15) is 4.48 Å². The number of benzene rings is 12. The highest BCUT2D eigenvalue weighted by atomic mass is 15.4. The van der Waals surface area contributed by atoms with E-state index in [-0.39, 0.29) is 0 Å². The zero-order valence-corrected chi connectivity index (χ0v) is 42.4. The first-order chi connectivity index (χ1) is 38.2. The van der Waals surface area contributed by atoms with Crippen LogP contribution in [0.25, 0.3) is 22.3 Å². The van der Waals surface area contributed by atoms with Gasteiger partial charge in [-0.25, -0.2) is 0 Å². The Morgan fingerprint density at radius 1 is 0.234 bits per heavy atom. The van der Waals surface area contributed by atoms with Gasteiger partial charge >= 0.3 is 0 Å². The molecule has 1 N–H and O–H groups in total. The molecule has 1 unspecified atom stereocenters. The molecule has 0 aromatic heterocycles. The normalized spacial score (nSPS) is 13.8. The Morgan fingerprint density at radius 3 is 0.935 bits per heavy atom. The van der Waals surface area contributed by atoms with Crippen molar-refractivity contribution in [2.24, 2.45) is 0 Å². The van der Waals surface area contributed by atoms with Gasteiger partial charge in [0.1, 0.15) is 22.7 Å². The molecule has 2 aliphatic carbocycles. The van der Waals surface area contributed by atoms with Crippen LogP contribution in [0.15, 0.2) is 315 Å². The summed E-state index contributed by atoms with van der Waals surface area (Å²) in [7, 11) is 0. The van der Waals surface area contributed by atoms with Gasteiger partial charge in [-0.3, -0.25) is 0 Å². The monoisotopic (exact) mass is 985 g/mol. The molecule has 0 heterocycles. The van der Waals surface area contributed by atoms with Crippen molar-refractivity contribution in [3.63, 3.8) is 0 Å². The van der Waals surface area contributed by atoms with Crippen LogP contribution < -0.4 is 19.6 Å². The van der Waals surface area contributed by atoms with Crippen molar-refractivity contribution >= 4 is 68.2 Å². The van der Waals surface area contributed by atoms with Crippen LogP contribution in [0.2, 0.25) is 0 Å². The molecular formula is C73H53N4+. The SMILES string of the molecule is c1ccc(Nc2ccc3c(c2)C2(c4cc(N(c5ccccc5)c5ccccc5)ccc4-3)c3cc(N(c4ccccc4)c4ccccc4)ccc3-c3ccc([N+](c4ccccc4)(c4ccccc4)c4ccccc4)cc32)cc1. The second kappa shape index (κ2) is 19.0. The van der Waals surface area contributed by atoms with Crippen LogP contribution in [0.5, 0.6) is 0 Å². The van der Waals surface area contributed by atoms with Gasteiger partial charge in [0.15, 0.2) is 0 Å². The van der Waals surface area contributed by atoms with E-state index in [4.69, 9.17) is 0 Å². The van der Waals surface area contributed by atoms with Gasteiger partial charge in [-0.15, -0.1) is 0 Å². The largest absolute Gasteiger partial charge is 0.356 e. The molecule has 0 saturated heterocycles. The number of fused-ring (bicyclic) bond motifs is 10. The number of anilines is 8. The summed E-state index contributed by atoms with van der Waals surface area (Å²) in [6.45, 7) is 0. The first-order valence-corrected chi connectivity index (χ1v) is 26.5. The number of nitrogens with zero attached hydrogens (tertiary/aromatic N) is 3. The van der Waals surface area contributed by atoms with Gasteiger partial charge in [0.2, 0.25) is 0 Å². The van der Waals surface area contributed by atoms with Crippen LogP contribution in [0.4, 0.5) is 68.2 Å². The van der Waals surface area contributed by atoms with Crippen LogP contribution in [0.1, 0.15) is 22.3 Å². The summed E-state index contributed by atoms with van der Waals surface area (Å²) < 4.78 is 0.369. The van der Waals surface area contributed by atoms with Crippen molar-refractivity contribution in [1.29, 1.82) is 0 Å². The standard InChI is InChI=1S/C73H53N4/c1-9-25-53(26-10-1)74-54-41-45-65-66-46-42-59(75(55-27-11-2-12-28-55)56-29-13-3-14-30-56)50-70(66)73(69(65)49-54)71-51-60(76(57-31-15-4-16-32-57)58-33-17-5-18-34-58)43-47-67(71)68-48-44-64(52-72(68)73)77(61-35-19-6-20-36-61,62-37-21-7-22-38-62)63-39-23-8-24-40-63/h1-52,74H/q+1. The maximum absolute atomic E-state index is 3.84. The molecule has 0 aliphatic heterocycles. The zero-order valence-electron chi connectivity index (χ0n) is 42.4. The molecule has 364 valence electrons. The maximum atomic E-state index is 3.84. The minimum absolute atomic E-state index is 0.369. The van der Waals surface area contributed by atoms with E-state index in [2.05, 4.69) is 331 Å². The molecule has 14 rings (SSSR count). The smallest absolute Gasteiger partial charge is 0.148 e. The molecule has 4 heteroatoms. The molecule has 0 amide bonds. The average Bonchev–Trinajstić information content (AvgIpc) is 4.04. The third kappa shape index (κ3) is 7.49. The molecule has 2 aliphatic rings. The van der Waals surface area contributed by atoms with Crippen molar-refractivity contribution in [3.8, 4) is 22.3 Å². The lowest BCUT2D eigenvalue weighted by atomic mass is 9.70. The van der Waals surface area contributed by atoms with Crippen molar-refractivity contribution < 1.29 is 0 Å². The predicted octanol–water partition coefficient (Wildman–Crippen LogP) is 20.0. The summed E-state index contributed by atoms with van der Waals surface area (Å²) in [6, 6.07) is 115. The van der Waals surface area contributed by atoms with Crippen LogP contribution in [0.3, 0.4) is 0 Å². The van der Waals surface area contributed by atoms with E-state index in [0.29, 0.717) is 4.48 Å². The van der Waals surface area contributed by atoms with Gasteiger partial charge in [-0.05, 0) is 148 Å². The summed E-state index contributed by atoms with van der Waals surface area (Å²) in [6.07, 6.45) is 0. The number of hydrogen-bond donors (Lipinski definition) is 1. The second-order valence-corrected chi connectivity index (χ2v) is 19.9. The predicted molar refractivity (Wildman–Crippen MR) is 322 cm³/mol. The number of hydrogen-bond acceptors (Lipinski definition) is 3. The fourth-order valence-electron chi connectivity index (χ4n) is 12.5. The highest BCUT2D eigenvalue weighted by Gasteiger charge is 2.54. The quantitative estimate of drug-likeness (QED) is 0.123. The van der Waals surface area contributed by atoms with Crippen molar-refractivity contribution in [1.82, 2.24) is 4.48 Å². The topological polar surface area (TPSA) is 18.5 Å². The average molecular weight is 986 g/mol. The Labute approximate surface area is 450 Å². The fraction of sp³-hybridized carbons (Fsp3) is 0.0137. The van der Waals surface area contributed by atoms with Crippen LogP contribution in [-0.2, 0) is 5.41 Å². The summed E-state index contributed by atoms with van der Waals surface area (Å²) in [4.78, 5) is 4.80. The maximum Gasteiger partial charge on any atom is 0.148 e. The van der Waals surface area contributed by atoms with E-state index in [0.717, 1.165) is 68.2 Å². The Kier molecular flexibility index (Phi) is 11.3. The summed E-state index contributed by atoms with van der Waals surface area (Å²) in [5.74, 6) is 0. The summed E-state index contributed by atoms with van der Waals surface area (Å²) >= 11 is 0. The van der Waals surface area contributed by atoms with Crippen molar-refractivity contribution in [2.75, 3.05) is 15.1 Å². The molecule has 12 aromatic carbocycles. The van der Waals surface area contributed by atoms with Crippen molar-refractivity contribution in [2.45, 2.75) is 5.41 Å². The molecule has 77 heavy (non-hydrogen) atoms. The Balaban J connectivity index is 1.11. The fourth-order valence-corrected chi connectivity index (χ4v) is 12.5. The van der Waals surface area contributed by atoms with Crippen LogP contribution in [0, 0.1) is 0 Å². The third-order valence-corrected chi connectivity index (χ3v) is 15.7. The molecule has 0 radical (unpaired) electrons. The minimum Gasteiger partial charge on any atom is -0.356 e. The molecule has 0 saturated carbocycles. The minimum atomic E-state index is -0.816. The lowest BCUT2D eigenvalue weighted by Crippen LogP contribution is -2.34. The molecule has 1 atom stereocenters. The Bertz CT molecular complexity index is 3770. The van der Waals surface area contributed by atoms with E-state index in [1.807, 2.05) is 0 Å². The van der Waals surface area contributed by atoms with Crippen LogP contribution >= 0.6 is 0 Å². The number of rotatable bonds is 12. The highest BCUT2D eigenvalue weighted by Crippen LogP contribution is 2.66. The molecule has 1 spiro atoms. The molecule has 0 bridgehead atoms. The second-order valence-electron chi connectivity index (χ2n) is 19.9. The van der Waals surface area contributed by atoms with Gasteiger partial charge in [0.05, 0.1) is 5.41 Å². The molecule has 4 nitrogen and oxygen atoms in total. The summed E-state index contributed by atoms with van der Waals surface area (Å²) in [5, 5.41) is 3.84. The molecule has 0 fully saturated rings. The van der Waals surface area contributed by atoms with E-state index in [1.165, 1.54) is 44.5 Å². The lowest BCUT2D eigenvalue weighted by molar-refractivity contribution is 0.699. The van der Waals surface area contributed by atoms with Gasteiger partial charge in [-0.1, -0.05) is 164 Å². The zero-order chi connectivity index (χ0) is 51.2.